The van der Waals surface area contributed by atoms with Gasteiger partial charge in [-0.2, -0.15) is 0 Å². The van der Waals surface area contributed by atoms with Crippen molar-refractivity contribution in [3.8, 4) is 0 Å². The normalized spacial score (nSPS) is 39.9. The number of hydrogen-bond donors (Lipinski definition) is 3. The van der Waals surface area contributed by atoms with E-state index < -0.39 is 66.5 Å². The molecule has 2 fully saturated rings. The Morgan fingerprint density at radius 3 is 2.18 bits per heavy atom. The summed E-state index contributed by atoms with van der Waals surface area (Å²) in [6.07, 6.45) is -5.45. The Morgan fingerprint density at radius 1 is 1.09 bits per heavy atom. The monoisotopic (exact) mass is 476 g/mol. The third-order valence-corrected chi connectivity index (χ3v) is 7.25. The second kappa shape index (κ2) is 12.0. The number of aliphatic hydroxyl groups is 2. The maximum Gasteiger partial charge on any atom is 0.333 e. The molecule has 3 N–H and O–H groups in total. The zero-order chi connectivity index (χ0) is 24.9. The lowest BCUT2D eigenvalue weighted by molar-refractivity contribution is -0.341. The topological polar surface area (TPSA) is 133 Å². The second-order valence-corrected chi connectivity index (χ2v) is 8.74. The lowest BCUT2D eigenvalue weighted by Gasteiger charge is -2.51. The number of ether oxygens (including phenoxy) is 6. The van der Waals surface area contributed by atoms with Gasteiger partial charge in [0.05, 0.1) is 36.4 Å². The Bertz CT molecular complexity index is 630. The fraction of sp³-hybridized carbons (Fsp3) is 0.870. The molecule has 0 aliphatic carbocycles. The van der Waals surface area contributed by atoms with Gasteiger partial charge in [0.2, 0.25) is 0 Å². The van der Waals surface area contributed by atoms with E-state index in [1.165, 1.54) is 21.3 Å². The molecular weight excluding hydrogens is 436 g/mol. The van der Waals surface area contributed by atoms with Crippen molar-refractivity contribution in [2.24, 2.45) is 11.8 Å². The van der Waals surface area contributed by atoms with Crippen LogP contribution in [0, 0.1) is 11.8 Å². The van der Waals surface area contributed by atoms with Crippen molar-refractivity contribution < 1.29 is 48.5 Å². The van der Waals surface area contributed by atoms with E-state index in [9.17, 15) is 20.1 Å². The first-order valence-corrected chi connectivity index (χ1v) is 11.4. The Kier molecular flexibility index (Phi) is 10.3. The van der Waals surface area contributed by atoms with E-state index in [1.807, 2.05) is 13.8 Å². The van der Waals surface area contributed by atoms with Crippen molar-refractivity contribution in [3.63, 3.8) is 0 Å². The summed E-state index contributed by atoms with van der Waals surface area (Å²) in [5, 5.41) is 32.2. The van der Waals surface area contributed by atoms with E-state index >= 15 is 0 Å². The Labute approximate surface area is 195 Å². The van der Waals surface area contributed by atoms with E-state index in [0.29, 0.717) is 12.8 Å². The minimum absolute atomic E-state index is 0.120. The number of hydrogen-bond acceptors (Lipinski definition) is 9. The van der Waals surface area contributed by atoms with Gasteiger partial charge in [0.1, 0.15) is 18.3 Å². The SMILES string of the molecule is C=CC1O[C@H](COC)C(OC2O[C@H](C(=O)O)C(C(CC)(CC)OC)[C@H](O)C2OC)[C@H](O)C1C. The second-order valence-electron chi connectivity index (χ2n) is 8.74. The highest BCUT2D eigenvalue weighted by Gasteiger charge is 2.58. The summed E-state index contributed by atoms with van der Waals surface area (Å²) in [5.41, 5.74) is -0.942. The lowest BCUT2D eigenvalue weighted by atomic mass is 9.72. The molecule has 192 valence electrons. The van der Waals surface area contributed by atoms with Crippen LogP contribution in [0.4, 0.5) is 0 Å². The fourth-order valence-corrected chi connectivity index (χ4v) is 5.16. The van der Waals surface area contributed by atoms with Crippen LogP contribution >= 0.6 is 0 Å². The summed E-state index contributed by atoms with van der Waals surface area (Å²) in [7, 11) is 4.37. The Balaban J connectivity index is 2.38. The predicted molar refractivity (Wildman–Crippen MR) is 118 cm³/mol. The highest BCUT2D eigenvalue weighted by molar-refractivity contribution is 5.73. The van der Waals surface area contributed by atoms with Gasteiger partial charge in [-0.3, -0.25) is 0 Å². The van der Waals surface area contributed by atoms with Crippen LogP contribution in [-0.2, 0) is 33.2 Å². The molecule has 10 atom stereocenters. The first kappa shape index (κ1) is 28.1. The molecule has 2 heterocycles. The van der Waals surface area contributed by atoms with Crippen molar-refractivity contribution in [1.29, 1.82) is 0 Å². The summed E-state index contributed by atoms with van der Waals surface area (Å²) in [4.78, 5) is 12.2. The van der Waals surface area contributed by atoms with Crippen LogP contribution in [0.15, 0.2) is 12.7 Å². The van der Waals surface area contributed by atoms with Crippen molar-refractivity contribution >= 4 is 5.97 Å². The van der Waals surface area contributed by atoms with E-state index in [2.05, 4.69) is 6.58 Å². The summed E-state index contributed by atoms with van der Waals surface area (Å²) in [5.74, 6) is -2.51. The van der Waals surface area contributed by atoms with Crippen LogP contribution in [0.3, 0.4) is 0 Å². The molecule has 0 spiro atoms. The third-order valence-electron chi connectivity index (χ3n) is 7.25. The Hall–Kier alpha value is -1.11. The molecule has 0 bridgehead atoms. The van der Waals surface area contributed by atoms with Gasteiger partial charge in [-0.25, -0.2) is 4.79 Å². The average molecular weight is 477 g/mol. The molecule has 6 unspecified atom stereocenters. The standard InChI is InChI=1S/C23H40O10/c1-8-13-12(4)16(24)18(14(31-13)11-28-5)32-22-20(29-6)17(25)15(19(33-22)21(26)27)23(9-2,10-3)30-7/h8,12-20,22,24-25H,1,9-11H2,2-7H3,(H,26,27)/t12?,13?,14-,15?,16-,17+,18?,19+,20?,22?/m1/s1. The first-order chi connectivity index (χ1) is 15.7. The van der Waals surface area contributed by atoms with E-state index in [0.717, 1.165) is 0 Å². The molecule has 0 amide bonds. The highest BCUT2D eigenvalue weighted by Crippen LogP contribution is 2.42. The van der Waals surface area contributed by atoms with Gasteiger partial charge >= 0.3 is 5.97 Å². The number of carboxylic acid groups (broad SMARTS) is 1. The molecule has 10 nitrogen and oxygen atoms in total. The van der Waals surface area contributed by atoms with Gasteiger partial charge in [0, 0.05) is 27.2 Å². The first-order valence-electron chi connectivity index (χ1n) is 11.4. The number of aliphatic carboxylic acids is 1. The molecule has 2 rings (SSSR count). The fourth-order valence-electron chi connectivity index (χ4n) is 5.16. The molecule has 0 aromatic carbocycles. The molecule has 2 saturated heterocycles. The van der Waals surface area contributed by atoms with Crippen LogP contribution in [0.25, 0.3) is 0 Å². The Morgan fingerprint density at radius 2 is 1.73 bits per heavy atom. The van der Waals surface area contributed by atoms with Crippen LogP contribution in [-0.4, -0.2) is 104 Å². The summed E-state index contributed by atoms with van der Waals surface area (Å²) in [6.45, 7) is 9.40. The van der Waals surface area contributed by atoms with Gasteiger partial charge in [-0.15, -0.1) is 6.58 Å². The highest BCUT2D eigenvalue weighted by atomic mass is 16.7. The number of aliphatic hydroxyl groups excluding tert-OH is 2. The molecule has 33 heavy (non-hydrogen) atoms. The third kappa shape index (κ3) is 5.43. The minimum atomic E-state index is -1.42. The predicted octanol–water partition coefficient (Wildman–Crippen LogP) is 0.975. The number of methoxy groups -OCH3 is 3. The molecular formula is C23H40O10. The summed E-state index contributed by atoms with van der Waals surface area (Å²) in [6, 6.07) is 0. The maximum atomic E-state index is 12.2. The smallest absolute Gasteiger partial charge is 0.333 e. The van der Waals surface area contributed by atoms with Crippen LogP contribution in [0.1, 0.15) is 33.6 Å². The molecule has 0 saturated carbocycles. The maximum absolute atomic E-state index is 12.2. The van der Waals surface area contributed by atoms with E-state index in [1.54, 1.807) is 13.0 Å². The quantitative estimate of drug-likeness (QED) is 0.371. The number of carboxylic acids is 1. The average Bonchev–Trinajstić information content (AvgIpc) is 2.80. The number of rotatable bonds is 11. The molecule has 10 heteroatoms. The van der Waals surface area contributed by atoms with E-state index in [4.69, 9.17) is 28.4 Å². The summed E-state index contributed by atoms with van der Waals surface area (Å²) < 4.78 is 34.5. The largest absolute Gasteiger partial charge is 0.479 e. The summed E-state index contributed by atoms with van der Waals surface area (Å²) >= 11 is 0. The zero-order valence-electron chi connectivity index (χ0n) is 20.4. The van der Waals surface area contributed by atoms with Crippen molar-refractivity contribution in [2.45, 2.75) is 88.2 Å². The van der Waals surface area contributed by atoms with Gasteiger partial charge in [0.25, 0.3) is 0 Å². The van der Waals surface area contributed by atoms with Crippen molar-refractivity contribution in [1.82, 2.24) is 0 Å². The molecule has 2 aliphatic heterocycles. The van der Waals surface area contributed by atoms with E-state index in [-0.39, 0.29) is 12.5 Å². The van der Waals surface area contributed by atoms with Crippen LogP contribution in [0.2, 0.25) is 0 Å². The van der Waals surface area contributed by atoms with Crippen molar-refractivity contribution in [3.05, 3.63) is 12.7 Å². The van der Waals surface area contributed by atoms with Gasteiger partial charge in [-0.1, -0.05) is 26.8 Å². The number of carbonyl (C=O) groups is 1. The molecule has 0 aromatic heterocycles. The minimum Gasteiger partial charge on any atom is -0.479 e. The van der Waals surface area contributed by atoms with Crippen LogP contribution in [0.5, 0.6) is 0 Å². The van der Waals surface area contributed by atoms with Crippen LogP contribution < -0.4 is 0 Å². The molecule has 0 radical (unpaired) electrons. The van der Waals surface area contributed by atoms with Gasteiger partial charge < -0.3 is 43.7 Å². The lowest BCUT2D eigenvalue weighted by Crippen LogP contribution is -2.66. The molecule has 0 aromatic rings. The van der Waals surface area contributed by atoms with Gasteiger partial charge in [0.15, 0.2) is 12.4 Å². The van der Waals surface area contributed by atoms with Crippen molar-refractivity contribution in [2.75, 3.05) is 27.9 Å². The zero-order valence-corrected chi connectivity index (χ0v) is 20.4. The molecule has 2 aliphatic rings. The van der Waals surface area contributed by atoms with Gasteiger partial charge in [-0.05, 0) is 12.8 Å².